The van der Waals surface area contributed by atoms with Gasteiger partial charge in [0.15, 0.2) is 0 Å². The van der Waals surface area contributed by atoms with Gasteiger partial charge in [0.2, 0.25) is 11.1 Å². The van der Waals surface area contributed by atoms with Crippen molar-refractivity contribution in [3.8, 4) is 0 Å². The number of anilines is 1. The van der Waals surface area contributed by atoms with Gasteiger partial charge in [-0.05, 0) is 36.6 Å². The molecule has 12 heteroatoms. The SMILES string of the molecule is Cc1c(Cl)cccc1NC(=O)CSc1n[nH]c([C@@H](NC(=O)c2cccc([N+](=O)[O-])c2)C(C)C)n1. The van der Waals surface area contributed by atoms with Crippen LogP contribution in [0, 0.1) is 23.0 Å². The highest BCUT2D eigenvalue weighted by Gasteiger charge is 2.24. The normalized spacial score (nSPS) is 11.8. The first kappa shape index (κ1) is 25.2. The molecule has 1 atom stereocenters. The zero-order chi connectivity index (χ0) is 24.8. The number of hydrogen-bond acceptors (Lipinski definition) is 7. The molecule has 1 heterocycles. The van der Waals surface area contributed by atoms with Crippen LogP contribution >= 0.6 is 23.4 Å². The standard InChI is InChI=1S/C22H23ClN6O4S/c1-12(2)19(25-21(31)14-6-4-7-15(10-14)29(32)33)20-26-22(28-27-20)34-11-18(30)24-17-9-5-8-16(23)13(17)3/h4-10,12,19H,11H2,1-3H3,(H,24,30)(H,25,31)(H,26,27,28)/t19-/m0/s1. The summed E-state index contributed by atoms with van der Waals surface area (Å²) in [5.74, 6) is -0.259. The molecule has 0 saturated heterocycles. The molecule has 0 spiro atoms. The third-order valence-corrected chi connectivity index (χ3v) is 6.18. The van der Waals surface area contributed by atoms with E-state index in [0.717, 1.165) is 17.3 Å². The Morgan fingerprint density at radius 3 is 2.68 bits per heavy atom. The van der Waals surface area contributed by atoms with Gasteiger partial charge in [-0.1, -0.05) is 49.3 Å². The smallest absolute Gasteiger partial charge is 0.270 e. The van der Waals surface area contributed by atoms with Crippen LogP contribution in [0.2, 0.25) is 5.02 Å². The van der Waals surface area contributed by atoms with Crippen molar-refractivity contribution in [1.29, 1.82) is 0 Å². The van der Waals surface area contributed by atoms with Crippen molar-refractivity contribution >= 4 is 46.6 Å². The Balaban J connectivity index is 1.63. The molecule has 1 aromatic heterocycles. The molecule has 0 aliphatic rings. The minimum Gasteiger partial charge on any atom is -0.342 e. The number of thioether (sulfide) groups is 1. The molecule has 2 aromatic carbocycles. The average molecular weight is 503 g/mol. The van der Waals surface area contributed by atoms with Crippen LogP contribution in [0.3, 0.4) is 0 Å². The van der Waals surface area contributed by atoms with Crippen LogP contribution < -0.4 is 10.6 Å². The number of nitro groups is 1. The van der Waals surface area contributed by atoms with Crippen LogP contribution in [-0.2, 0) is 4.79 Å². The number of hydrogen-bond donors (Lipinski definition) is 3. The molecule has 0 radical (unpaired) electrons. The summed E-state index contributed by atoms with van der Waals surface area (Å²) < 4.78 is 0. The third kappa shape index (κ3) is 6.33. The zero-order valence-corrected chi connectivity index (χ0v) is 20.2. The number of non-ortho nitro benzene ring substituents is 1. The lowest BCUT2D eigenvalue weighted by atomic mass is 10.0. The van der Waals surface area contributed by atoms with Crippen LogP contribution in [0.5, 0.6) is 0 Å². The number of benzene rings is 2. The van der Waals surface area contributed by atoms with Gasteiger partial charge in [-0.25, -0.2) is 4.98 Å². The summed E-state index contributed by atoms with van der Waals surface area (Å²) >= 11 is 7.23. The maximum atomic E-state index is 12.7. The first-order chi connectivity index (χ1) is 16.2. The molecule has 0 bridgehead atoms. The maximum Gasteiger partial charge on any atom is 0.270 e. The first-order valence-electron chi connectivity index (χ1n) is 10.3. The lowest BCUT2D eigenvalue weighted by Crippen LogP contribution is -2.32. The molecule has 0 saturated carbocycles. The summed E-state index contributed by atoms with van der Waals surface area (Å²) in [7, 11) is 0. The van der Waals surface area contributed by atoms with Gasteiger partial charge in [-0.3, -0.25) is 24.8 Å². The fourth-order valence-electron chi connectivity index (χ4n) is 3.06. The van der Waals surface area contributed by atoms with E-state index in [9.17, 15) is 19.7 Å². The number of carbonyl (C=O) groups is 2. The predicted octanol–water partition coefficient (Wildman–Crippen LogP) is 4.53. The summed E-state index contributed by atoms with van der Waals surface area (Å²) in [4.78, 5) is 39.9. The largest absolute Gasteiger partial charge is 0.342 e. The minimum absolute atomic E-state index is 0.0532. The van der Waals surface area contributed by atoms with Crippen molar-refractivity contribution < 1.29 is 14.5 Å². The van der Waals surface area contributed by atoms with Crippen LogP contribution in [0.15, 0.2) is 47.6 Å². The number of halogens is 1. The summed E-state index contributed by atoms with van der Waals surface area (Å²) in [6.07, 6.45) is 0. The van der Waals surface area contributed by atoms with Crippen molar-refractivity contribution in [2.24, 2.45) is 5.92 Å². The van der Waals surface area contributed by atoms with Crippen molar-refractivity contribution in [2.45, 2.75) is 32.0 Å². The van der Waals surface area contributed by atoms with E-state index in [2.05, 4.69) is 25.8 Å². The summed E-state index contributed by atoms with van der Waals surface area (Å²) in [5, 5.41) is 24.5. The highest BCUT2D eigenvalue weighted by Crippen LogP contribution is 2.25. The van der Waals surface area contributed by atoms with Gasteiger partial charge in [-0.2, -0.15) is 0 Å². The van der Waals surface area contributed by atoms with E-state index in [-0.39, 0.29) is 28.8 Å². The summed E-state index contributed by atoms with van der Waals surface area (Å²) in [5.41, 5.74) is 1.42. The van der Waals surface area contributed by atoms with Gasteiger partial charge in [0.05, 0.1) is 16.7 Å². The minimum atomic E-state index is -0.555. The fraction of sp³-hybridized carbons (Fsp3) is 0.273. The molecule has 0 aliphatic carbocycles. The maximum absolute atomic E-state index is 12.7. The Morgan fingerprint density at radius 1 is 1.24 bits per heavy atom. The van der Waals surface area contributed by atoms with Crippen LogP contribution in [0.25, 0.3) is 0 Å². The van der Waals surface area contributed by atoms with E-state index in [4.69, 9.17) is 11.6 Å². The lowest BCUT2D eigenvalue weighted by Gasteiger charge is -2.19. The number of amides is 2. The van der Waals surface area contributed by atoms with Crippen LogP contribution in [0.4, 0.5) is 11.4 Å². The fourth-order valence-corrected chi connectivity index (χ4v) is 3.84. The van der Waals surface area contributed by atoms with E-state index in [1.807, 2.05) is 20.8 Å². The number of aromatic amines is 1. The molecular formula is C22H23ClN6O4S. The Kier molecular flexibility index (Phi) is 8.24. The van der Waals surface area contributed by atoms with Gasteiger partial charge in [-0.15, -0.1) is 5.10 Å². The Labute approximate surface area is 205 Å². The van der Waals surface area contributed by atoms with E-state index in [0.29, 0.717) is 21.7 Å². The molecule has 34 heavy (non-hydrogen) atoms. The van der Waals surface area contributed by atoms with E-state index in [1.165, 1.54) is 24.3 Å². The van der Waals surface area contributed by atoms with Crippen LogP contribution in [-0.4, -0.2) is 37.7 Å². The molecule has 3 aromatic rings. The van der Waals surface area contributed by atoms with Gasteiger partial charge < -0.3 is 10.6 Å². The molecule has 3 N–H and O–H groups in total. The second-order valence-electron chi connectivity index (χ2n) is 7.76. The number of carbonyl (C=O) groups excluding carboxylic acids is 2. The lowest BCUT2D eigenvalue weighted by molar-refractivity contribution is -0.384. The van der Waals surface area contributed by atoms with Gasteiger partial charge in [0.1, 0.15) is 5.82 Å². The molecular weight excluding hydrogens is 480 g/mol. The van der Waals surface area contributed by atoms with Crippen LogP contribution in [0.1, 0.15) is 41.6 Å². The average Bonchev–Trinajstić information content (AvgIpc) is 3.27. The second-order valence-corrected chi connectivity index (χ2v) is 9.10. The molecule has 0 aliphatic heterocycles. The number of H-pyrrole nitrogens is 1. The number of aromatic nitrogens is 3. The highest BCUT2D eigenvalue weighted by atomic mass is 35.5. The number of rotatable bonds is 9. The Morgan fingerprint density at radius 2 is 1.97 bits per heavy atom. The highest BCUT2D eigenvalue weighted by molar-refractivity contribution is 7.99. The van der Waals surface area contributed by atoms with E-state index in [1.54, 1.807) is 18.2 Å². The summed E-state index contributed by atoms with van der Waals surface area (Å²) in [6, 6.07) is 10.3. The van der Waals surface area contributed by atoms with Gasteiger partial charge in [0.25, 0.3) is 11.6 Å². The molecule has 2 amide bonds. The Bertz CT molecular complexity index is 1220. The predicted molar refractivity (Wildman–Crippen MR) is 130 cm³/mol. The summed E-state index contributed by atoms with van der Waals surface area (Å²) in [6.45, 7) is 5.61. The third-order valence-electron chi connectivity index (χ3n) is 4.92. The molecule has 10 nitrogen and oxygen atoms in total. The van der Waals surface area contributed by atoms with Crippen molar-refractivity contribution in [3.63, 3.8) is 0 Å². The number of nitrogens with zero attached hydrogens (tertiary/aromatic N) is 3. The number of nitro benzene ring substituents is 1. The molecule has 3 rings (SSSR count). The van der Waals surface area contributed by atoms with Crippen molar-refractivity contribution in [3.05, 3.63) is 74.6 Å². The van der Waals surface area contributed by atoms with Gasteiger partial charge >= 0.3 is 0 Å². The quantitative estimate of drug-likeness (QED) is 0.221. The molecule has 0 unspecified atom stereocenters. The molecule has 178 valence electrons. The van der Waals surface area contributed by atoms with E-state index < -0.39 is 16.9 Å². The zero-order valence-electron chi connectivity index (χ0n) is 18.7. The van der Waals surface area contributed by atoms with Crippen molar-refractivity contribution in [2.75, 3.05) is 11.1 Å². The second kappa shape index (κ2) is 11.1. The molecule has 0 fully saturated rings. The van der Waals surface area contributed by atoms with E-state index >= 15 is 0 Å². The number of nitrogens with one attached hydrogen (secondary N) is 3. The first-order valence-corrected chi connectivity index (χ1v) is 11.7. The Hall–Kier alpha value is -3.44. The monoisotopic (exact) mass is 502 g/mol. The topological polar surface area (TPSA) is 143 Å². The van der Waals surface area contributed by atoms with Crippen molar-refractivity contribution in [1.82, 2.24) is 20.5 Å². The van der Waals surface area contributed by atoms with Gasteiger partial charge in [0, 0.05) is 28.4 Å².